The molecule has 1 aromatic rings. The van der Waals surface area contributed by atoms with Gasteiger partial charge in [0.25, 0.3) is 0 Å². The molecule has 0 aromatic carbocycles. The number of aryl methyl sites for hydroxylation is 1. The van der Waals surface area contributed by atoms with Gasteiger partial charge in [-0.15, -0.1) is 11.3 Å². The van der Waals surface area contributed by atoms with Gasteiger partial charge in [0.05, 0.1) is 5.69 Å². The first-order valence-electron chi connectivity index (χ1n) is 5.58. The Bertz CT molecular complexity index is 585. The van der Waals surface area contributed by atoms with Crippen LogP contribution >= 0.6 is 11.3 Å². The summed E-state index contributed by atoms with van der Waals surface area (Å²) in [5.41, 5.74) is 0.467. The van der Waals surface area contributed by atoms with E-state index in [4.69, 9.17) is 5.11 Å². The first kappa shape index (κ1) is 17.7. The normalized spacial score (nSPS) is 12.3. The number of aromatic nitrogens is 1. The van der Waals surface area contributed by atoms with Crippen molar-refractivity contribution >= 4 is 32.6 Å². The van der Waals surface area contributed by atoms with E-state index >= 15 is 0 Å². The highest BCUT2D eigenvalue weighted by molar-refractivity contribution is 7.91. The topological polar surface area (TPSA) is 108 Å². The van der Waals surface area contributed by atoms with E-state index < -0.39 is 28.9 Å². The number of nitrogens with zero attached hydrogens (tertiary/aromatic N) is 1. The molecule has 0 saturated carbocycles. The average Bonchev–Trinajstić information content (AvgIpc) is 2.72. The van der Waals surface area contributed by atoms with Crippen LogP contribution in [0.25, 0.3) is 0 Å². The molecule has 0 aliphatic heterocycles. The summed E-state index contributed by atoms with van der Waals surface area (Å²) in [4.78, 5) is 14.2. The van der Waals surface area contributed by atoms with Gasteiger partial charge in [-0.3, -0.25) is 4.79 Å². The van der Waals surface area contributed by atoms with Gasteiger partial charge in [-0.2, -0.15) is 26.3 Å². The summed E-state index contributed by atoms with van der Waals surface area (Å²) >= 11 is 0.899. The van der Waals surface area contributed by atoms with Crippen LogP contribution in [0.2, 0.25) is 0 Å². The van der Waals surface area contributed by atoms with Gasteiger partial charge in [-0.05, 0) is 12.8 Å². The minimum atomic E-state index is -4.65. The zero-order valence-corrected chi connectivity index (χ0v) is 12.1. The molecule has 0 saturated heterocycles. The van der Waals surface area contributed by atoms with Crippen molar-refractivity contribution in [2.45, 2.75) is 25.4 Å². The van der Waals surface area contributed by atoms with E-state index in [1.54, 1.807) is 0 Å². The van der Waals surface area contributed by atoms with Gasteiger partial charge in [-0.1, -0.05) is 0 Å². The molecular weight excluding hydrogens is 335 g/mol. The van der Waals surface area contributed by atoms with Crippen LogP contribution in [-0.2, 0) is 21.4 Å². The summed E-state index contributed by atoms with van der Waals surface area (Å²) in [6, 6.07) is 0. The Morgan fingerprint density at radius 3 is 2.67 bits per heavy atom. The fourth-order valence-electron chi connectivity index (χ4n) is 1.22. The molecule has 1 heterocycles. The third kappa shape index (κ3) is 7.82. The second kappa shape index (κ2) is 7.04. The summed E-state index contributed by atoms with van der Waals surface area (Å²) in [5, 5.41) is 9.88. The van der Waals surface area contributed by atoms with E-state index in [1.807, 2.05) is 4.72 Å². The molecule has 0 aliphatic carbocycles. The zero-order valence-electron chi connectivity index (χ0n) is 10.5. The van der Waals surface area contributed by atoms with E-state index in [1.165, 1.54) is 10.1 Å². The van der Waals surface area contributed by atoms with Gasteiger partial charge >= 0.3 is 22.4 Å². The van der Waals surface area contributed by atoms with Crippen LogP contribution in [0.1, 0.15) is 18.5 Å². The van der Waals surface area contributed by atoms with Gasteiger partial charge in [0, 0.05) is 11.8 Å². The van der Waals surface area contributed by atoms with E-state index in [9.17, 15) is 26.4 Å². The lowest BCUT2D eigenvalue weighted by molar-refractivity contribution is -0.137. The predicted octanol–water partition coefficient (Wildman–Crippen LogP) is 1.36. The Kier molecular flexibility index (Phi) is 5.92. The number of hydrogen-bond acceptors (Lipinski definition) is 5. The fraction of sp³-hybridized carbons (Fsp3) is 0.556. The highest BCUT2D eigenvalue weighted by Gasteiger charge is 2.29. The summed E-state index contributed by atoms with van der Waals surface area (Å²) in [7, 11) is -4.35. The largest absolute Gasteiger partial charge is 0.481 e. The molecule has 12 heteroatoms. The minimum Gasteiger partial charge on any atom is -0.481 e. The monoisotopic (exact) mass is 347 g/mol. The standard InChI is InChI=1S/C9H12F3N3O4S2/c10-9(11,12)5-13-21(18,19)15-8-14-6(4-20-8)2-1-3-7(16)17/h4,13H,1-3,5H2,(H,14,15)(H,16,17). The summed E-state index contributed by atoms with van der Waals surface area (Å²) in [5.74, 6) is -0.956. The number of alkyl halides is 3. The number of anilines is 1. The lowest BCUT2D eigenvalue weighted by Crippen LogP contribution is -2.37. The summed E-state index contributed by atoms with van der Waals surface area (Å²) in [6.45, 7) is -1.68. The molecule has 7 nitrogen and oxygen atoms in total. The van der Waals surface area contributed by atoms with Crippen LogP contribution in [-0.4, -0.2) is 37.2 Å². The number of thiazole rings is 1. The molecule has 0 bridgehead atoms. The average molecular weight is 347 g/mol. The van der Waals surface area contributed by atoms with Gasteiger partial charge in [0.15, 0.2) is 5.13 Å². The molecular formula is C9H12F3N3O4S2. The minimum absolute atomic E-state index is 0.0499. The molecule has 0 aliphatic rings. The predicted molar refractivity (Wildman–Crippen MR) is 69.3 cm³/mol. The zero-order chi connectivity index (χ0) is 16.1. The maximum atomic E-state index is 11.9. The van der Waals surface area contributed by atoms with E-state index in [2.05, 4.69) is 4.98 Å². The number of carboxylic acid groups (broad SMARTS) is 1. The summed E-state index contributed by atoms with van der Waals surface area (Å²) in [6.07, 6.45) is -4.04. The van der Waals surface area contributed by atoms with Crippen molar-refractivity contribution in [3.63, 3.8) is 0 Å². The van der Waals surface area contributed by atoms with Gasteiger partial charge < -0.3 is 5.11 Å². The van der Waals surface area contributed by atoms with Gasteiger partial charge in [0.1, 0.15) is 6.54 Å². The van der Waals surface area contributed by atoms with Crippen molar-refractivity contribution < 1.29 is 31.5 Å². The van der Waals surface area contributed by atoms with Crippen molar-refractivity contribution in [3.8, 4) is 0 Å². The quantitative estimate of drug-likeness (QED) is 0.658. The number of rotatable bonds is 8. The number of carboxylic acids is 1. The molecule has 1 rings (SSSR count). The third-order valence-electron chi connectivity index (χ3n) is 2.06. The molecule has 120 valence electrons. The van der Waals surface area contributed by atoms with Crippen molar-refractivity contribution in [1.29, 1.82) is 0 Å². The molecule has 21 heavy (non-hydrogen) atoms. The number of carbonyl (C=O) groups is 1. The van der Waals surface area contributed by atoms with E-state index in [0.717, 1.165) is 11.3 Å². The van der Waals surface area contributed by atoms with Crippen LogP contribution < -0.4 is 9.44 Å². The van der Waals surface area contributed by atoms with Crippen LogP contribution in [0.15, 0.2) is 5.38 Å². The Hall–Kier alpha value is -1.40. The number of hydrogen-bond donors (Lipinski definition) is 3. The second-order valence-electron chi connectivity index (χ2n) is 3.93. The smallest absolute Gasteiger partial charge is 0.402 e. The Morgan fingerprint density at radius 2 is 2.10 bits per heavy atom. The number of aliphatic carboxylic acids is 1. The molecule has 0 amide bonds. The van der Waals surface area contributed by atoms with Crippen molar-refractivity contribution in [2.75, 3.05) is 11.3 Å². The Morgan fingerprint density at radius 1 is 1.43 bits per heavy atom. The maximum absolute atomic E-state index is 11.9. The van der Waals surface area contributed by atoms with Crippen molar-refractivity contribution in [3.05, 3.63) is 11.1 Å². The third-order valence-corrected chi connectivity index (χ3v) is 3.98. The highest BCUT2D eigenvalue weighted by Crippen LogP contribution is 2.18. The molecule has 0 spiro atoms. The molecule has 1 aromatic heterocycles. The Labute approximate surface area is 122 Å². The lowest BCUT2D eigenvalue weighted by Gasteiger charge is -2.09. The number of halogens is 3. The molecule has 0 atom stereocenters. The van der Waals surface area contributed by atoms with Crippen LogP contribution in [0.4, 0.5) is 18.3 Å². The second-order valence-corrected chi connectivity index (χ2v) is 6.29. The van der Waals surface area contributed by atoms with Crippen LogP contribution in [0.5, 0.6) is 0 Å². The fourth-order valence-corrected chi connectivity index (χ4v) is 3.03. The summed E-state index contributed by atoms with van der Waals surface area (Å²) < 4.78 is 61.6. The first-order valence-corrected chi connectivity index (χ1v) is 7.94. The van der Waals surface area contributed by atoms with Crippen LogP contribution in [0.3, 0.4) is 0 Å². The van der Waals surface area contributed by atoms with Gasteiger partial charge in [0.2, 0.25) is 0 Å². The van der Waals surface area contributed by atoms with Crippen molar-refractivity contribution in [1.82, 2.24) is 9.71 Å². The lowest BCUT2D eigenvalue weighted by atomic mass is 10.2. The highest BCUT2D eigenvalue weighted by atomic mass is 32.2. The van der Waals surface area contributed by atoms with Gasteiger partial charge in [-0.25, -0.2) is 9.71 Å². The molecule has 0 unspecified atom stereocenters. The molecule has 0 radical (unpaired) electrons. The first-order chi connectivity index (χ1) is 9.57. The van der Waals surface area contributed by atoms with Crippen molar-refractivity contribution in [2.24, 2.45) is 0 Å². The molecule has 0 fully saturated rings. The number of nitrogens with one attached hydrogen (secondary N) is 2. The Balaban J connectivity index is 2.51. The molecule has 3 N–H and O–H groups in total. The van der Waals surface area contributed by atoms with E-state index in [-0.39, 0.29) is 11.6 Å². The SMILES string of the molecule is O=C(O)CCCc1csc(NS(=O)(=O)NCC(F)(F)F)n1. The maximum Gasteiger partial charge on any atom is 0.402 e. The van der Waals surface area contributed by atoms with Crippen LogP contribution in [0, 0.1) is 0 Å². The van der Waals surface area contributed by atoms with E-state index in [0.29, 0.717) is 18.5 Å².